The van der Waals surface area contributed by atoms with Crippen molar-refractivity contribution in [2.45, 2.75) is 19.4 Å². The summed E-state index contributed by atoms with van der Waals surface area (Å²) in [7, 11) is 3.53. The van der Waals surface area contributed by atoms with Crippen LogP contribution >= 0.6 is 12.2 Å². The zero-order chi connectivity index (χ0) is 20.3. The predicted octanol–water partition coefficient (Wildman–Crippen LogP) is 3.10. The van der Waals surface area contributed by atoms with Crippen LogP contribution in [-0.4, -0.2) is 28.5 Å². The fourth-order valence-corrected chi connectivity index (χ4v) is 3.12. The SMILES string of the molecule is COc1cccc(-n2cnn(C[NH+](C)Cc3ccc(C(F)(F)F)cc3)c2=S)c1. The summed E-state index contributed by atoms with van der Waals surface area (Å²) in [5.41, 5.74) is 1.01. The maximum atomic E-state index is 12.7. The number of benzene rings is 2. The van der Waals surface area contributed by atoms with Crippen LogP contribution in [0.15, 0.2) is 54.9 Å². The minimum atomic E-state index is -4.32. The summed E-state index contributed by atoms with van der Waals surface area (Å²) >= 11 is 5.51. The van der Waals surface area contributed by atoms with Crippen molar-refractivity contribution in [1.82, 2.24) is 14.3 Å². The highest BCUT2D eigenvalue weighted by molar-refractivity contribution is 7.71. The number of halogens is 3. The van der Waals surface area contributed by atoms with Crippen LogP contribution in [0.4, 0.5) is 13.2 Å². The van der Waals surface area contributed by atoms with Crippen LogP contribution in [0, 0.1) is 4.77 Å². The molecule has 0 radical (unpaired) electrons. The van der Waals surface area contributed by atoms with Crippen LogP contribution in [0.25, 0.3) is 5.69 Å². The Kier molecular flexibility index (Phi) is 5.85. The lowest BCUT2D eigenvalue weighted by Gasteiger charge is -2.14. The van der Waals surface area contributed by atoms with E-state index in [0.717, 1.165) is 34.0 Å². The summed E-state index contributed by atoms with van der Waals surface area (Å²) in [6, 6.07) is 12.7. The fourth-order valence-electron chi connectivity index (χ4n) is 2.85. The molecule has 1 N–H and O–H groups in total. The van der Waals surface area contributed by atoms with Gasteiger partial charge in [0.05, 0.1) is 25.4 Å². The standard InChI is InChI=1S/C19H19F3N4OS/c1-24(11-14-6-8-15(9-7-14)19(20,21)22)13-26-18(28)25(12-23-26)16-4-3-5-17(10-16)27-2/h3-10,12H,11,13H2,1-2H3/p+1. The topological polar surface area (TPSA) is 36.4 Å². The van der Waals surface area contributed by atoms with Crippen molar-refractivity contribution in [2.75, 3.05) is 14.2 Å². The van der Waals surface area contributed by atoms with Gasteiger partial charge in [-0.3, -0.25) is 4.57 Å². The van der Waals surface area contributed by atoms with Crippen molar-refractivity contribution in [1.29, 1.82) is 0 Å². The minimum Gasteiger partial charge on any atom is -0.497 e. The number of nitrogens with one attached hydrogen (secondary N) is 1. The first-order chi connectivity index (χ1) is 13.3. The molecular weight excluding hydrogens is 389 g/mol. The van der Waals surface area contributed by atoms with Crippen LogP contribution in [0.5, 0.6) is 5.75 Å². The molecule has 3 aromatic rings. The van der Waals surface area contributed by atoms with E-state index in [1.165, 1.54) is 12.1 Å². The first kappa shape index (κ1) is 20.1. The van der Waals surface area contributed by atoms with E-state index < -0.39 is 11.7 Å². The summed E-state index contributed by atoms with van der Waals surface area (Å²) in [5.74, 6) is 0.720. The largest absolute Gasteiger partial charge is 0.497 e. The van der Waals surface area contributed by atoms with E-state index in [-0.39, 0.29) is 0 Å². The van der Waals surface area contributed by atoms with E-state index in [0.29, 0.717) is 18.0 Å². The van der Waals surface area contributed by atoms with E-state index in [4.69, 9.17) is 17.0 Å². The maximum Gasteiger partial charge on any atom is 0.416 e. The first-order valence-electron chi connectivity index (χ1n) is 8.54. The molecule has 1 aromatic heterocycles. The fraction of sp³-hybridized carbons (Fsp3) is 0.263. The van der Waals surface area contributed by atoms with Crippen LogP contribution in [0.1, 0.15) is 11.1 Å². The Morgan fingerprint density at radius 3 is 2.50 bits per heavy atom. The lowest BCUT2D eigenvalue weighted by atomic mass is 10.1. The van der Waals surface area contributed by atoms with Gasteiger partial charge in [-0.05, 0) is 36.5 Å². The van der Waals surface area contributed by atoms with Crippen LogP contribution < -0.4 is 9.64 Å². The molecular formula is C19H20F3N4OS+. The van der Waals surface area contributed by atoms with Gasteiger partial charge in [0.2, 0.25) is 4.77 Å². The Bertz CT molecular complexity index is 995. The number of alkyl halides is 3. The van der Waals surface area contributed by atoms with Crippen LogP contribution in [0.2, 0.25) is 0 Å². The van der Waals surface area contributed by atoms with E-state index in [9.17, 15) is 13.2 Å². The number of hydrogen-bond acceptors (Lipinski definition) is 3. The molecule has 0 saturated heterocycles. The summed E-state index contributed by atoms with van der Waals surface area (Å²) in [6.45, 7) is 1.03. The average Bonchev–Trinajstić information content (AvgIpc) is 3.02. The van der Waals surface area contributed by atoms with Gasteiger partial charge in [0.1, 0.15) is 18.6 Å². The maximum absolute atomic E-state index is 12.7. The second-order valence-corrected chi connectivity index (χ2v) is 6.84. The molecule has 1 atom stereocenters. The highest BCUT2D eigenvalue weighted by atomic mass is 32.1. The van der Waals surface area contributed by atoms with Gasteiger partial charge >= 0.3 is 6.18 Å². The molecule has 28 heavy (non-hydrogen) atoms. The van der Waals surface area contributed by atoms with E-state index in [1.54, 1.807) is 22.7 Å². The van der Waals surface area contributed by atoms with Crippen LogP contribution in [0.3, 0.4) is 0 Å². The zero-order valence-corrected chi connectivity index (χ0v) is 16.2. The molecule has 0 amide bonds. The van der Waals surface area contributed by atoms with Gasteiger partial charge in [-0.15, -0.1) is 0 Å². The minimum absolute atomic E-state index is 0.483. The lowest BCUT2D eigenvalue weighted by Crippen LogP contribution is -3.07. The summed E-state index contributed by atoms with van der Waals surface area (Å²) < 4.78 is 47.2. The predicted molar refractivity (Wildman–Crippen MR) is 101 cm³/mol. The molecule has 0 saturated carbocycles. The lowest BCUT2D eigenvalue weighted by molar-refractivity contribution is -0.917. The molecule has 0 aliphatic carbocycles. The second-order valence-electron chi connectivity index (χ2n) is 6.47. The van der Waals surface area contributed by atoms with Crippen molar-refractivity contribution < 1.29 is 22.8 Å². The third-order valence-electron chi connectivity index (χ3n) is 4.27. The first-order valence-corrected chi connectivity index (χ1v) is 8.95. The van der Waals surface area contributed by atoms with Gasteiger partial charge in [0, 0.05) is 11.6 Å². The van der Waals surface area contributed by atoms with E-state index >= 15 is 0 Å². The van der Waals surface area contributed by atoms with Crippen molar-refractivity contribution in [2.24, 2.45) is 0 Å². The van der Waals surface area contributed by atoms with Gasteiger partial charge in [0.25, 0.3) is 0 Å². The molecule has 5 nitrogen and oxygen atoms in total. The Hall–Kier alpha value is -2.65. The molecule has 0 aliphatic heterocycles. The summed E-state index contributed by atoms with van der Waals surface area (Å²) in [5, 5.41) is 4.34. The van der Waals surface area contributed by atoms with Crippen molar-refractivity contribution in [3.05, 3.63) is 70.8 Å². The number of hydrogen-bond donors (Lipinski definition) is 1. The molecule has 2 aromatic carbocycles. The quantitative estimate of drug-likeness (QED) is 0.636. The van der Waals surface area contributed by atoms with Crippen molar-refractivity contribution >= 4 is 12.2 Å². The normalized spacial score (nSPS) is 12.8. The molecule has 0 bridgehead atoms. The number of quaternary nitrogens is 1. The number of rotatable bonds is 6. The van der Waals surface area contributed by atoms with Gasteiger partial charge in [0.15, 0.2) is 6.67 Å². The molecule has 0 aliphatic rings. The Balaban J connectivity index is 1.70. The molecule has 0 fully saturated rings. The highest BCUT2D eigenvalue weighted by Crippen LogP contribution is 2.28. The second kappa shape index (κ2) is 8.15. The smallest absolute Gasteiger partial charge is 0.416 e. The molecule has 0 spiro atoms. The number of nitrogens with zero attached hydrogens (tertiary/aromatic N) is 3. The highest BCUT2D eigenvalue weighted by Gasteiger charge is 2.30. The molecule has 148 valence electrons. The summed E-state index contributed by atoms with van der Waals surface area (Å²) in [6.07, 6.45) is -2.68. The molecule has 1 unspecified atom stereocenters. The Morgan fingerprint density at radius 1 is 1.14 bits per heavy atom. The van der Waals surface area contributed by atoms with Gasteiger partial charge in [-0.2, -0.15) is 23.0 Å². The van der Waals surface area contributed by atoms with Gasteiger partial charge < -0.3 is 9.64 Å². The van der Waals surface area contributed by atoms with Crippen molar-refractivity contribution in [3.63, 3.8) is 0 Å². The number of ether oxygens (including phenoxy) is 1. The monoisotopic (exact) mass is 409 g/mol. The number of aromatic nitrogens is 3. The van der Waals surface area contributed by atoms with Gasteiger partial charge in [-0.25, -0.2) is 0 Å². The third kappa shape index (κ3) is 4.60. The van der Waals surface area contributed by atoms with Crippen molar-refractivity contribution in [3.8, 4) is 11.4 Å². The van der Waals surface area contributed by atoms with Gasteiger partial charge in [-0.1, -0.05) is 18.2 Å². The zero-order valence-electron chi connectivity index (χ0n) is 15.4. The molecule has 9 heteroatoms. The Morgan fingerprint density at radius 2 is 1.86 bits per heavy atom. The van der Waals surface area contributed by atoms with E-state index in [2.05, 4.69) is 5.10 Å². The number of methoxy groups -OCH3 is 1. The molecule has 1 heterocycles. The van der Waals surface area contributed by atoms with E-state index in [1.807, 2.05) is 31.3 Å². The molecule has 3 rings (SSSR count). The third-order valence-corrected chi connectivity index (χ3v) is 4.68. The van der Waals surface area contributed by atoms with Crippen LogP contribution in [-0.2, 0) is 19.4 Å². The summed E-state index contributed by atoms with van der Waals surface area (Å²) in [4.78, 5) is 1.03. The average molecular weight is 409 g/mol. The Labute approximate surface area is 165 Å².